The Labute approximate surface area is 117 Å². The van der Waals surface area contributed by atoms with Crippen LogP contribution in [0.15, 0.2) is 0 Å². The summed E-state index contributed by atoms with van der Waals surface area (Å²) in [5.41, 5.74) is -0.353. The lowest BCUT2D eigenvalue weighted by atomic mass is 9.90. The van der Waals surface area contributed by atoms with Crippen LogP contribution in [0.4, 0.5) is 0 Å². The standard InChI is InChI=1S/C14H29N3O2/c1-14(2,3)12(18)10-16(6)11-13(19)17(7)9-8-15(4)5/h8-11H2,1-7H3. The van der Waals surface area contributed by atoms with E-state index in [1.165, 1.54) is 0 Å². The minimum atomic E-state index is -0.353. The van der Waals surface area contributed by atoms with Crippen LogP contribution in [-0.4, -0.2) is 80.8 Å². The molecule has 0 heterocycles. The van der Waals surface area contributed by atoms with E-state index in [9.17, 15) is 9.59 Å². The minimum Gasteiger partial charge on any atom is -0.343 e. The van der Waals surface area contributed by atoms with Crippen molar-refractivity contribution in [2.45, 2.75) is 20.8 Å². The Morgan fingerprint density at radius 1 is 0.895 bits per heavy atom. The largest absolute Gasteiger partial charge is 0.343 e. The van der Waals surface area contributed by atoms with Crippen LogP contribution in [0.2, 0.25) is 0 Å². The molecule has 0 N–H and O–H groups in total. The molecule has 0 radical (unpaired) electrons. The van der Waals surface area contributed by atoms with Crippen LogP contribution in [0.1, 0.15) is 20.8 Å². The first kappa shape index (κ1) is 18.1. The SMILES string of the molecule is CN(C)CCN(C)C(=O)CN(C)CC(=O)C(C)(C)C. The predicted molar refractivity (Wildman–Crippen MR) is 78.2 cm³/mol. The van der Waals surface area contributed by atoms with E-state index in [0.29, 0.717) is 13.1 Å². The van der Waals surface area contributed by atoms with Gasteiger partial charge in [-0.2, -0.15) is 0 Å². The number of hydrogen-bond acceptors (Lipinski definition) is 4. The fourth-order valence-electron chi connectivity index (χ4n) is 1.36. The summed E-state index contributed by atoms with van der Waals surface area (Å²) < 4.78 is 0. The smallest absolute Gasteiger partial charge is 0.236 e. The first-order valence-corrected chi connectivity index (χ1v) is 6.64. The van der Waals surface area contributed by atoms with Crippen LogP contribution in [-0.2, 0) is 9.59 Å². The molecule has 0 fully saturated rings. The number of carbonyl (C=O) groups is 2. The normalized spacial score (nSPS) is 12.1. The fourth-order valence-corrected chi connectivity index (χ4v) is 1.36. The van der Waals surface area contributed by atoms with Crippen LogP contribution in [0.5, 0.6) is 0 Å². The summed E-state index contributed by atoms with van der Waals surface area (Å²) in [6.07, 6.45) is 0. The Kier molecular flexibility index (Phi) is 7.23. The first-order chi connectivity index (χ1) is 8.54. The lowest BCUT2D eigenvalue weighted by Gasteiger charge is -2.25. The van der Waals surface area contributed by atoms with Crippen LogP contribution < -0.4 is 0 Å². The highest BCUT2D eigenvalue weighted by molar-refractivity contribution is 5.86. The van der Waals surface area contributed by atoms with Crippen molar-refractivity contribution in [3.05, 3.63) is 0 Å². The van der Waals surface area contributed by atoms with Gasteiger partial charge in [-0.15, -0.1) is 0 Å². The Morgan fingerprint density at radius 2 is 1.42 bits per heavy atom. The average Bonchev–Trinajstić information content (AvgIpc) is 2.23. The molecule has 19 heavy (non-hydrogen) atoms. The molecule has 0 spiro atoms. The van der Waals surface area contributed by atoms with Gasteiger partial charge in [0.05, 0.1) is 13.1 Å². The number of ketones is 1. The van der Waals surface area contributed by atoms with Gasteiger partial charge in [-0.05, 0) is 21.1 Å². The van der Waals surface area contributed by atoms with Gasteiger partial charge in [0.25, 0.3) is 0 Å². The molecule has 1 amide bonds. The summed E-state index contributed by atoms with van der Waals surface area (Å²) in [6, 6.07) is 0. The molecule has 0 aromatic carbocycles. The number of amides is 1. The van der Waals surface area contributed by atoms with Crippen molar-refractivity contribution in [1.29, 1.82) is 0 Å². The molecule has 0 rings (SSSR count). The topological polar surface area (TPSA) is 43.9 Å². The zero-order valence-electron chi connectivity index (χ0n) is 13.5. The van der Waals surface area contributed by atoms with Gasteiger partial charge in [-0.3, -0.25) is 14.5 Å². The van der Waals surface area contributed by atoms with Crippen molar-refractivity contribution in [1.82, 2.24) is 14.7 Å². The van der Waals surface area contributed by atoms with Crippen molar-refractivity contribution >= 4 is 11.7 Å². The maximum atomic E-state index is 12.0. The van der Waals surface area contributed by atoms with Crippen LogP contribution >= 0.6 is 0 Å². The third-order valence-electron chi connectivity index (χ3n) is 2.96. The zero-order valence-corrected chi connectivity index (χ0v) is 13.5. The maximum absolute atomic E-state index is 12.0. The first-order valence-electron chi connectivity index (χ1n) is 6.64. The van der Waals surface area contributed by atoms with Gasteiger partial charge < -0.3 is 9.80 Å². The highest BCUT2D eigenvalue weighted by atomic mass is 16.2. The van der Waals surface area contributed by atoms with Crippen molar-refractivity contribution in [3.63, 3.8) is 0 Å². The van der Waals surface area contributed by atoms with Gasteiger partial charge in [-0.1, -0.05) is 20.8 Å². The molecule has 0 bridgehead atoms. The summed E-state index contributed by atoms with van der Waals surface area (Å²) in [7, 11) is 7.56. The quantitative estimate of drug-likeness (QED) is 0.678. The predicted octanol–water partition coefficient (Wildman–Crippen LogP) is 0.553. The van der Waals surface area contributed by atoms with E-state index in [4.69, 9.17) is 0 Å². The number of carbonyl (C=O) groups excluding carboxylic acids is 2. The van der Waals surface area contributed by atoms with E-state index in [2.05, 4.69) is 0 Å². The Balaban J connectivity index is 4.15. The monoisotopic (exact) mass is 271 g/mol. The van der Waals surface area contributed by atoms with E-state index in [1.54, 1.807) is 23.9 Å². The highest BCUT2D eigenvalue weighted by Gasteiger charge is 2.23. The van der Waals surface area contributed by atoms with Gasteiger partial charge in [0, 0.05) is 25.6 Å². The second-order valence-corrected chi connectivity index (χ2v) is 6.46. The van der Waals surface area contributed by atoms with E-state index >= 15 is 0 Å². The molecular weight excluding hydrogens is 242 g/mol. The number of hydrogen-bond donors (Lipinski definition) is 0. The molecule has 5 heteroatoms. The molecule has 0 aliphatic heterocycles. The number of nitrogens with zero attached hydrogens (tertiary/aromatic N) is 3. The lowest BCUT2D eigenvalue weighted by molar-refractivity contribution is -0.132. The number of likely N-dealkylation sites (N-methyl/N-ethyl adjacent to an activating group) is 3. The van der Waals surface area contributed by atoms with Crippen molar-refractivity contribution in [3.8, 4) is 0 Å². The Hall–Kier alpha value is -0.940. The fraction of sp³-hybridized carbons (Fsp3) is 0.857. The number of Topliss-reactive ketones (excluding diaryl/α,β-unsaturated/α-hetero) is 1. The van der Waals surface area contributed by atoms with E-state index < -0.39 is 0 Å². The zero-order chi connectivity index (χ0) is 15.2. The van der Waals surface area contributed by atoms with Crippen LogP contribution in [0, 0.1) is 5.41 Å². The molecule has 0 aliphatic carbocycles. The summed E-state index contributed by atoms with van der Waals surface area (Å²) >= 11 is 0. The second-order valence-electron chi connectivity index (χ2n) is 6.46. The summed E-state index contributed by atoms with van der Waals surface area (Å²) in [6.45, 7) is 7.83. The molecule has 0 unspecified atom stereocenters. The molecule has 0 aromatic rings. The van der Waals surface area contributed by atoms with Crippen LogP contribution in [0.25, 0.3) is 0 Å². The molecule has 0 saturated carbocycles. The van der Waals surface area contributed by atoms with Crippen LogP contribution in [0.3, 0.4) is 0 Å². The molecule has 0 aromatic heterocycles. The Morgan fingerprint density at radius 3 is 1.84 bits per heavy atom. The van der Waals surface area contributed by atoms with E-state index in [0.717, 1.165) is 6.54 Å². The van der Waals surface area contributed by atoms with Gasteiger partial charge in [0.1, 0.15) is 0 Å². The maximum Gasteiger partial charge on any atom is 0.236 e. The average molecular weight is 271 g/mol. The molecule has 0 saturated heterocycles. The molecule has 0 aliphatic rings. The lowest BCUT2D eigenvalue weighted by Crippen LogP contribution is -2.42. The molecule has 112 valence electrons. The van der Waals surface area contributed by atoms with E-state index in [1.807, 2.05) is 39.8 Å². The molecular formula is C14H29N3O2. The molecule has 5 nitrogen and oxygen atoms in total. The third-order valence-corrected chi connectivity index (χ3v) is 2.96. The van der Waals surface area contributed by atoms with Gasteiger partial charge >= 0.3 is 0 Å². The third kappa shape index (κ3) is 7.95. The van der Waals surface area contributed by atoms with Crippen molar-refractivity contribution in [2.24, 2.45) is 5.41 Å². The van der Waals surface area contributed by atoms with Gasteiger partial charge in [-0.25, -0.2) is 0 Å². The van der Waals surface area contributed by atoms with Crippen molar-refractivity contribution in [2.75, 3.05) is 54.4 Å². The summed E-state index contributed by atoms with van der Waals surface area (Å²) in [4.78, 5) is 29.3. The summed E-state index contributed by atoms with van der Waals surface area (Å²) in [5, 5.41) is 0. The number of rotatable bonds is 7. The molecule has 0 atom stereocenters. The highest BCUT2D eigenvalue weighted by Crippen LogP contribution is 2.14. The Bertz CT molecular complexity index is 308. The van der Waals surface area contributed by atoms with Crippen molar-refractivity contribution < 1.29 is 9.59 Å². The van der Waals surface area contributed by atoms with Gasteiger partial charge in [0.15, 0.2) is 5.78 Å². The minimum absolute atomic E-state index is 0.0473. The summed E-state index contributed by atoms with van der Waals surface area (Å²) in [5.74, 6) is 0.199. The van der Waals surface area contributed by atoms with Gasteiger partial charge in [0.2, 0.25) is 5.91 Å². The van der Waals surface area contributed by atoms with E-state index in [-0.39, 0.29) is 23.7 Å². The second kappa shape index (κ2) is 7.60.